The van der Waals surface area contributed by atoms with Crippen molar-refractivity contribution in [1.29, 1.82) is 0 Å². The molecule has 3 aromatic carbocycles. The summed E-state index contributed by atoms with van der Waals surface area (Å²) in [4.78, 5) is 0. The lowest BCUT2D eigenvalue weighted by Gasteiger charge is -2.09. The Balaban J connectivity index is 0.000000183. The van der Waals surface area contributed by atoms with E-state index < -0.39 is 0 Å². The van der Waals surface area contributed by atoms with E-state index in [-0.39, 0.29) is 7.43 Å². The van der Waals surface area contributed by atoms with Crippen molar-refractivity contribution in [3.63, 3.8) is 0 Å². The summed E-state index contributed by atoms with van der Waals surface area (Å²) >= 11 is 0. The monoisotopic (exact) mass is 478 g/mol. The van der Waals surface area contributed by atoms with Gasteiger partial charge in [-0.05, 0) is 73.2 Å². The number of hydrogen-bond acceptors (Lipinski definition) is 4. The third-order valence-corrected chi connectivity index (χ3v) is 5.72. The van der Waals surface area contributed by atoms with Gasteiger partial charge in [0.25, 0.3) is 0 Å². The quantitative estimate of drug-likeness (QED) is 0.327. The highest BCUT2D eigenvalue weighted by atomic mass is 16.6. The van der Waals surface area contributed by atoms with Crippen LogP contribution in [0.1, 0.15) is 43.5 Å². The number of rotatable bonds is 8. The fourth-order valence-corrected chi connectivity index (χ4v) is 3.45. The molecule has 0 amide bonds. The van der Waals surface area contributed by atoms with Crippen LogP contribution >= 0.6 is 0 Å². The Bertz CT molecular complexity index is 887. The molecule has 4 heteroatoms. The van der Waals surface area contributed by atoms with E-state index in [0.717, 1.165) is 37.6 Å². The zero-order chi connectivity index (χ0) is 24.2. The highest BCUT2D eigenvalue weighted by Crippen LogP contribution is 2.17. The van der Waals surface area contributed by atoms with Gasteiger partial charge in [0.1, 0.15) is 36.9 Å². The lowest BCUT2D eigenvalue weighted by atomic mass is 9.97. The number of para-hydroxylation sites is 2. The van der Waals surface area contributed by atoms with E-state index in [0.29, 0.717) is 25.4 Å². The van der Waals surface area contributed by atoms with Crippen molar-refractivity contribution in [2.45, 2.75) is 60.2 Å². The van der Waals surface area contributed by atoms with E-state index in [1.165, 1.54) is 22.3 Å². The predicted octanol–water partition coefficient (Wildman–Crippen LogP) is 6.99. The van der Waals surface area contributed by atoms with Crippen LogP contribution in [0.4, 0.5) is 0 Å². The van der Waals surface area contributed by atoms with Crippen molar-refractivity contribution in [3.8, 4) is 11.5 Å². The van der Waals surface area contributed by atoms with E-state index in [1.54, 1.807) is 0 Å². The number of hydrogen-bond donors (Lipinski definition) is 0. The first-order chi connectivity index (χ1) is 16.6. The van der Waals surface area contributed by atoms with E-state index >= 15 is 0 Å². The molecule has 190 valence electrons. The maximum Gasteiger partial charge on any atom is 0.119 e. The molecule has 2 atom stereocenters. The van der Waals surface area contributed by atoms with Crippen LogP contribution in [0.25, 0.3) is 0 Å². The molecule has 0 saturated carbocycles. The third kappa shape index (κ3) is 11.0. The SMILES string of the molecule is C.CCc1cc(CC)c(C)cc1C.c1ccc(OCC2CO2)cc1.c1ccc(OCC2CO2)cc1. The van der Waals surface area contributed by atoms with Gasteiger partial charge < -0.3 is 18.9 Å². The van der Waals surface area contributed by atoms with Crippen molar-refractivity contribution >= 4 is 0 Å². The molecule has 0 bridgehead atoms. The minimum absolute atomic E-state index is 0. The van der Waals surface area contributed by atoms with Gasteiger partial charge in [0, 0.05) is 0 Å². The van der Waals surface area contributed by atoms with Gasteiger partial charge in [-0.15, -0.1) is 0 Å². The molecule has 0 radical (unpaired) electrons. The molecule has 2 heterocycles. The van der Waals surface area contributed by atoms with Gasteiger partial charge in [-0.3, -0.25) is 0 Å². The molecule has 0 aromatic heterocycles. The summed E-state index contributed by atoms with van der Waals surface area (Å²) < 4.78 is 20.8. The second-order valence-electron chi connectivity index (χ2n) is 8.57. The molecule has 35 heavy (non-hydrogen) atoms. The largest absolute Gasteiger partial charge is 0.491 e. The lowest BCUT2D eigenvalue weighted by molar-refractivity contribution is 0.263. The van der Waals surface area contributed by atoms with Crippen LogP contribution in [0.5, 0.6) is 11.5 Å². The molecule has 0 spiro atoms. The normalized spacial score (nSPS) is 16.9. The van der Waals surface area contributed by atoms with E-state index in [9.17, 15) is 0 Å². The number of aryl methyl sites for hydroxylation is 4. The maximum absolute atomic E-state index is 5.40. The second kappa shape index (κ2) is 15.2. The first kappa shape index (κ1) is 28.4. The van der Waals surface area contributed by atoms with Gasteiger partial charge in [-0.1, -0.05) is 69.8 Å². The van der Waals surface area contributed by atoms with E-state index in [2.05, 4.69) is 39.8 Å². The second-order valence-corrected chi connectivity index (χ2v) is 8.57. The Morgan fingerprint density at radius 1 is 0.657 bits per heavy atom. The smallest absolute Gasteiger partial charge is 0.119 e. The lowest BCUT2D eigenvalue weighted by Crippen LogP contribution is -2.03. The van der Waals surface area contributed by atoms with Gasteiger partial charge in [0.05, 0.1) is 13.2 Å². The first-order valence-electron chi connectivity index (χ1n) is 12.3. The van der Waals surface area contributed by atoms with Crippen LogP contribution in [-0.2, 0) is 22.3 Å². The van der Waals surface area contributed by atoms with Crippen molar-refractivity contribution in [3.05, 3.63) is 95.1 Å². The van der Waals surface area contributed by atoms with Crippen LogP contribution in [0.3, 0.4) is 0 Å². The van der Waals surface area contributed by atoms with Gasteiger partial charge in [-0.25, -0.2) is 0 Å². The van der Waals surface area contributed by atoms with E-state index in [4.69, 9.17) is 18.9 Å². The summed E-state index contributed by atoms with van der Waals surface area (Å²) in [7, 11) is 0. The van der Waals surface area contributed by atoms with Crippen molar-refractivity contribution in [2.24, 2.45) is 0 Å². The molecular weight excluding hydrogens is 436 g/mol. The topological polar surface area (TPSA) is 43.5 Å². The van der Waals surface area contributed by atoms with Gasteiger partial charge in [-0.2, -0.15) is 0 Å². The highest BCUT2D eigenvalue weighted by Gasteiger charge is 2.23. The Morgan fingerprint density at radius 2 is 1.03 bits per heavy atom. The van der Waals surface area contributed by atoms with Crippen LogP contribution < -0.4 is 9.47 Å². The van der Waals surface area contributed by atoms with Crippen molar-refractivity contribution < 1.29 is 18.9 Å². The summed E-state index contributed by atoms with van der Waals surface area (Å²) in [6.07, 6.45) is 2.99. The van der Waals surface area contributed by atoms with Crippen LogP contribution in [0.2, 0.25) is 0 Å². The Hall–Kier alpha value is -2.82. The Labute approximate surface area is 212 Å². The molecule has 2 unspecified atom stereocenters. The molecule has 3 aromatic rings. The average molecular weight is 479 g/mol. The van der Waals surface area contributed by atoms with Gasteiger partial charge in [0.2, 0.25) is 0 Å². The molecule has 2 fully saturated rings. The zero-order valence-corrected chi connectivity index (χ0v) is 21.0. The Kier molecular flexibility index (Phi) is 12.4. The van der Waals surface area contributed by atoms with Crippen molar-refractivity contribution in [2.75, 3.05) is 26.4 Å². The summed E-state index contributed by atoms with van der Waals surface area (Å²) in [5.41, 5.74) is 5.87. The molecule has 2 saturated heterocycles. The molecule has 4 nitrogen and oxygen atoms in total. The third-order valence-electron chi connectivity index (χ3n) is 5.72. The molecule has 2 aliphatic rings. The minimum atomic E-state index is 0. The maximum atomic E-state index is 5.40. The van der Waals surface area contributed by atoms with Crippen LogP contribution in [0, 0.1) is 13.8 Å². The van der Waals surface area contributed by atoms with Gasteiger partial charge in [0.15, 0.2) is 0 Å². The molecule has 5 rings (SSSR count). The predicted molar refractivity (Wildman–Crippen MR) is 145 cm³/mol. The molecule has 0 aliphatic carbocycles. The van der Waals surface area contributed by atoms with E-state index in [1.807, 2.05) is 60.7 Å². The summed E-state index contributed by atoms with van der Waals surface area (Å²) in [6, 6.07) is 24.2. The highest BCUT2D eigenvalue weighted by molar-refractivity contribution is 5.37. The molecular formula is C31H42O4. The van der Waals surface area contributed by atoms with Crippen LogP contribution in [-0.4, -0.2) is 38.6 Å². The summed E-state index contributed by atoms with van der Waals surface area (Å²) in [5.74, 6) is 1.84. The Morgan fingerprint density at radius 3 is 1.34 bits per heavy atom. The number of benzene rings is 3. The minimum Gasteiger partial charge on any atom is -0.491 e. The standard InChI is InChI=1S/C12H18.2C9H10O2.CH4/c1-5-11-8-12(6-2)10(4)7-9(11)3;2*1-2-4-8(5-3-1)10-6-9-7-11-9;/h7-8H,5-6H2,1-4H3;2*1-5,9H,6-7H2;1H4. The van der Waals surface area contributed by atoms with Gasteiger partial charge >= 0.3 is 0 Å². The average Bonchev–Trinajstić information content (AvgIpc) is 3.79. The fourth-order valence-electron chi connectivity index (χ4n) is 3.45. The number of epoxide rings is 2. The first-order valence-corrected chi connectivity index (χ1v) is 12.3. The zero-order valence-electron chi connectivity index (χ0n) is 21.0. The molecule has 2 aliphatic heterocycles. The van der Waals surface area contributed by atoms with Crippen LogP contribution in [0.15, 0.2) is 72.8 Å². The summed E-state index contributed by atoms with van der Waals surface area (Å²) in [6.45, 7) is 11.9. The summed E-state index contributed by atoms with van der Waals surface area (Å²) in [5, 5.41) is 0. The fraction of sp³-hybridized carbons (Fsp3) is 0.419. The number of ether oxygens (including phenoxy) is 4. The van der Waals surface area contributed by atoms with Crippen molar-refractivity contribution in [1.82, 2.24) is 0 Å². The molecule has 0 N–H and O–H groups in total.